The molecule has 2 amide bonds. The van der Waals surface area contributed by atoms with Gasteiger partial charge in [0.2, 0.25) is 11.8 Å². The summed E-state index contributed by atoms with van der Waals surface area (Å²) in [6, 6.07) is 6.36. The maximum absolute atomic E-state index is 12.0. The second kappa shape index (κ2) is 6.22. The molecule has 5 heteroatoms. The van der Waals surface area contributed by atoms with Gasteiger partial charge in [-0.25, -0.2) is 0 Å². The largest absolute Gasteiger partial charge is 0.368 e. The monoisotopic (exact) mass is 336 g/mol. The number of carbonyl (C=O) groups is 2. The van der Waals surface area contributed by atoms with Crippen LogP contribution in [0.1, 0.15) is 31.4 Å². The Kier molecular flexibility index (Phi) is 4.60. The lowest BCUT2D eigenvalue weighted by molar-refractivity contribution is -0.125. The number of nitrogens with one attached hydrogen (secondary N) is 1. The number of hydrogen-bond donors (Lipinski definition) is 2. The van der Waals surface area contributed by atoms with Gasteiger partial charge in [-0.05, 0) is 43.4 Å². The Balaban J connectivity index is 2.11. The third-order valence-corrected chi connectivity index (χ3v) is 3.83. The highest BCUT2D eigenvalue weighted by Gasteiger charge is 2.24. The molecule has 0 saturated heterocycles. The summed E-state index contributed by atoms with van der Waals surface area (Å²) in [6.07, 6.45) is 3.84. The van der Waals surface area contributed by atoms with Crippen LogP contribution < -0.4 is 11.1 Å². The van der Waals surface area contributed by atoms with Crippen LogP contribution in [0.15, 0.2) is 40.4 Å². The zero-order valence-electron chi connectivity index (χ0n) is 11.2. The van der Waals surface area contributed by atoms with E-state index in [0.29, 0.717) is 11.5 Å². The van der Waals surface area contributed by atoms with E-state index in [0.717, 1.165) is 22.9 Å². The van der Waals surface area contributed by atoms with Crippen LogP contribution in [-0.4, -0.2) is 11.8 Å². The minimum atomic E-state index is -0.816. The molecule has 1 atom stereocenters. The van der Waals surface area contributed by atoms with E-state index in [1.807, 2.05) is 13.0 Å². The number of allylic oxidation sites excluding steroid dienone is 1. The molecule has 0 radical (unpaired) electrons. The van der Waals surface area contributed by atoms with Gasteiger partial charge in [-0.3, -0.25) is 9.59 Å². The first-order chi connectivity index (χ1) is 9.47. The fourth-order valence-electron chi connectivity index (χ4n) is 2.05. The number of nitrogens with two attached hydrogens (primary N) is 1. The molecule has 1 aromatic rings. The van der Waals surface area contributed by atoms with Crippen LogP contribution in [-0.2, 0) is 9.59 Å². The van der Waals surface area contributed by atoms with Crippen molar-refractivity contribution in [1.29, 1.82) is 0 Å². The molecule has 2 rings (SSSR count). The molecule has 106 valence electrons. The minimum Gasteiger partial charge on any atom is -0.368 e. The molecule has 0 aromatic heterocycles. The fourth-order valence-corrected chi connectivity index (χ4v) is 2.47. The molecule has 0 bridgehead atoms. The highest BCUT2D eigenvalue weighted by Crippen LogP contribution is 2.35. The molecule has 0 aliphatic heterocycles. The zero-order chi connectivity index (χ0) is 14.7. The van der Waals surface area contributed by atoms with Crippen LogP contribution in [0.4, 0.5) is 0 Å². The molecule has 0 spiro atoms. The van der Waals surface area contributed by atoms with Crippen molar-refractivity contribution in [3.8, 4) is 0 Å². The summed E-state index contributed by atoms with van der Waals surface area (Å²) >= 11 is 3.34. The summed E-state index contributed by atoms with van der Waals surface area (Å²) in [7, 11) is 0. The number of primary amides is 1. The lowest BCUT2D eigenvalue weighted by atomic mass is 10.1. The van der Waals surface area contributed by atoms with Crippen LogP contribution >= 0.6 is 15.9 Å². The third-order valence-electron chi connectivity index (χ3n) is 3.33. The normalized spacial score (nSPS) is 16.6. The van der Waals surface area contributed by atoms with Crippen molar-refractivity contribution in [2.24, 2.45) is 11.7 Å². The highest BCUT2D eigenvalue weighted by atomic mass is 79.9. The van der Waals surface area contributed by atoms with E-state index in [9.17, 15) is 9.59 Å². The molecule has 1 aliphatic rings. The molecule has 3 N–H and O–H groups in total. The molecule has 0 heterocycles. The summed E-state index contributed by atoms with van der Waals surface area (Å²) in [6.45, 7) is 1.94. The van der Waals surface area contributed by atoms with E-state index >= 15 is 0 Å². The van der Waals surface area contributed by atoms with Crippen molar-refractivity contribution in [2.75, 3.05) is 0 Å². The Morgan fingerprint density at radius 1 is 1.45 bits per heavy atom. The van der Waals surface area contributed by atoms with Gasteiger partial charge in [0.05, 0.1) is 0 Å². The van der Waals surface area contributed by atoms with Crippen molar-refractivity contribution in [3.05, 3.63) is 46.0 Å². The first kappa shape index (κ1) is 14.8. The number of hydrogen-bond acceptors (Lipinski definition) is 2. The number of amides is 2. The third kappa shape index (κ3) is 3.93. The molecule has 1 saturated carbocycles. The van der Waals surface area contributed by atoms with Crippen molar-refractivity contribution in [1.82, 2.24) is 5.32 Å². The van der Waals surface area contributed by atoms with Gasteiger partial charge >= 0.3 is 0 Å². The first-order valence-electron chi connectivity index (χ1n) is 6.51. The van der Waals surface area contributed by atoms with Gasteiger partial charge in [-0.2, -0.15) is 0 Å². The van der Waals surface area contributed by atoms with Gasteiger partial charge in [-0.15, -0.1) is 0 Å². The van der Waals surface area contributed by atoms with Gasteiger partial charge in [0.25, 0.3) is 0 Å². The molecule has 1 aliphatic carbocycles. The van der Waals surface area contributed by atoms with Crippen LogP contribution in [0, 0.1) is 5.92 Å². The molecule has 1 unspecified atom stereocenters. The molecule has 20 heavy (non-hydrogen) atoms. The predicted octanol–water partition coefficient (Wildman–Crippen LogP) is 2.45. The van der Waals surface area contributed by atoms with Gasteiger partial charge in [0.15, 0.2) is 0 Å². The summed E-state index contributed by atoms with van der Waals surface area (Å²) in [4.78, 5) is 23.5. The Morgan fingerprint density at radius 3 is 2.70 bits per heavy atom. The lowest BCUT2D eigenvalue weighted by Crippen LogP contribution is -2.36. The van der Waals surface area contributed by atoms with E-state index in [-0.39, 0.29) is 5.91 Å². The molecule has 1 fully saturated rings. The van der Waals surface area contributed by atoms with Crippen molar-refractivity contribution < 1.29 is 9.59 Å². The Labute approximate surface area is 126 Å². The topological polar surface area (TPSA) is 72.2 Å². The number of rotatable bonds is 5. The van der Waals surface area contributed by atoms with E-state index < -0.39 is 11.9 Å². The maximum atomic E-state index is 12.0. The Hall–Kier alpha value is -1.62. The molecular weight excluding hydrogens is 320 g/mol. The quantitative estimate of drug-likeness (QED) is 0.810. The summed E-state index contributed by atoms with van der Waals surface area (Å²) in [5.74, 6) is -0.328. The SMILES string of the molecule is C/C(=C\C(=O)NC(C(N)=O)c1cccc(Br)c1)C1CC1. The average molecular weight is 337 g/mol. The van der Waals surface area contributed by atoms with Crippen LogP contribution in [0.5, 0.6) is 0 Å². The fraction of sp³-hybridized carbons (Fsp3) is 0.333. The Morgan fingerprint density at radius 2 is 2.15 bits per heavy atom. The smallest absolute Gasteiger partial charge is 0.244 e. The Bertz CT molecular complexity index is 565. The van der Waals surface area contributed by atoms with Crippen LogP contribution in [0.2, 0.25) is 0 Å². The number of halogens is 1. The lowest BCUT2D eigenvalue weighted by Gasteiger charge is -2.15. The summed E-state index contributed by atoms with van der Waals surface area (Å²) in [5, 5.41) is 2.66. The van der Waals surface area contributed by atoms with E-state index in [2.05, 4.69) is 21.2 Å². The van der Waals surface area contributed by atoms with Gasteiger partial charge in [-0.1, -0.05) is 33.6 Å². The van der Waals surface area contributed by atoms with Gasteiger partial charge in [0, 0.05) is 10.5 Å². The second-order valence-corrected chi connectivity index (χ2v) is 5.98. The summed E-state index contributed by atoms with van der Waals surface area (Å²) in [5.41, 5.74) is 7.10. The number of carbonyl (C=O) groups excluding carboxylic acids is 2. The first-order valence-corrected chi connectivity index (χ1v) is 7.30. The van der Waals surface area contributed by atoms with Crippen LogP contribution in [0.3, 0.4) is 0 Å². The molecule has 1 aromatic carbocycles. The van der Waals surface area contributed by atoms with Gasteiger partial charge < -0.3 is 11.1 Å². The maximum Gasteiger partial charge on any atom is 0.244 e. The zero-order valence-corrected chi connectivity index (χ0v) is 12.8. The van der Waals surface area contributed by atoms with E-state index in [4.69, 9.17) is 5.73 Å². The molecular formula is C15H17BrN2O2. The van der Waals surface area contributed by atoms with Crippen molar-refractivity contribution in [3.63, 3.8) is 0 Å². The standard InChI is InChI=1S/C15H17BrN2O2/c1-9(10-5-6-10)7-13(19)18-14(15(17)20)11-3-2-4-12(16)8-11/h2-4,7-8,10,14H,5-6H2,1H3,(H2,17,20)(H,18,19)/b9-7+. The summed E-state index contributed by atoms with van der Waals surface area (Å²) < 4.78 is 0.834. The minimum absolute atomic E-state index is 0.279. The van der Waals surface area contributed by atoms with E-state index in [1.165, 1.54) is 0 Å². The highest BCUT2D eigenvalue weighted by molar-refractivity contribution is 9.10. The van der Waals surface area contributed by atoms with E-state index in [1.54, 1.807) is 24.3 Å². The molecule has 4 nitrogen and oxygen atoms in total. The predicted molar refractivity (Wildman–Crippen MR) is 80.7 cm³/mol. The average Bonchev–Trinajstić information content (AvgIpc) is 3.19. The number of benzene rings is 1. The van der Waals surface area contributed by atoms with Crippen molar-refractivity contribution in [2.45, 2.75) is 25.8 Å². The second-order valence-electron chi connectivity index (χ2n) is 5.06. The van der Waals surface area contributed by atoms with Crippen molar-refractivity contribution >= 4 is 27.7 Å². The van der Waals surface area contributed by atoms with Gasteiger partial charge in [0.1, 0.15) is 6.04 Å². The van der Waals surface area contributed by atoms with Crippen LogP contribution in [0.25, 0.3) is 0 Å².